The van der Waals surface area contributed by atoms with Gasteiger partial charge in [0.25, 0.3) is 0 Å². The van der Waals surface area contributed by atoms with E-state index in [1.165, 1.54) is 18.1 Å². The quantitative estimate of drug-likeness (QED) is 0.694. The summed E-state index contributed by atoms with van der Waals surface area (Å²) in [6, 6.07) is 7.99. The highest BCUT2D eigenvalue weighted by atomic mass is 35.5. The summed E-state index contributed by atoms with van der Waals surface area (Å²) in [5, 5.41) is 0.241. The first-order chi connectivity index (χ1) is 13.8. The van der Waals surface area contributed by atoms with Gasteiger partial charge in [0, 0.05) is 13.0 Å². The van der Waals surface area contributed by atoms with E-state index >= 15 is 0 Å². The van der Waals surface area contributed by atoms with E-state index in [1.807, 2.05) is 0 Å². The van der Waals surface area contributed by atoms with E-state index in [0.29, 0.717) is 17.1 Å². The van der Waals surface area contributed by atoms with Crippen molar-refractivity contribution in [3.63, 3.8) is 0 Å². The molecule has 1 aromatic heterocycles. The first-order valence-corrected chi connectivity index (χ1v) is 9.23. The number of halogens is 1. The summed E-state index contributed by atoms with van der Waals surface area (Å²) in [4.78, 5) is 44.1. The van der Waals surface area contributed by atoms with E-state index in [1.54, 1.807) is 38.3 Å². The Morgan fingerprint density at radius 2 is 1.90 bits per heavy atom. The van der Waals surface area contributed by atoms with Crippen LogP contribution in [0.5, 0.6) is 5.75 Å². The van der Waals surface area contributed by atoms with Crippen molar-refractivity contribution in [2.75, 3.05) is 25.7 Å². The van der Waals surface area contributed by atoms with Gasteiger partial charge in [0.1, 0.15) is 5.75 Å². The van der Waals surface area contributed by atoms with Gasteiger partial charge in [-0.2, -0.15) is 0 Å². The third kappa shape index (κ3) is 4.17. The van der Waals surface area contributed by atoms with Crippen LogP contribution in [0.4, 0.5) is 10.5 Å². The number of anilines is 1. The molecule has 0 atom stereocenters. The van der Waals surface area contributed by atoms with E-state index in [4.69, 9.17) is 21.1 Å². The molecular weight excluding hydrogens is 398 g/mol. The highest BCUT2D eigenvalue weighted by molar-refractivity contribution is 6.34. The normalized spacial score (nSPS) is 14.2. The number of imide groups is 1. The predicted octanol–water partition coefficient (Wildman–Crippen LogP) is 3.20. The summed E-state index contributed by atoms with van der Waals surface area (Å²) in [7, 11) is 2.81. The molecule has 0 bridgehead atoms. The van der Waals surface area contributed by atoms with E-state index in [-0.39, 0.29) is 36.1 Å². The van der Waals surface area contributed by atoms with Crippen molar-refractivity contribution >= 4 is 35.2 Å². The fraction of sp³-hybridized carbons (Fsp3) is 0.300. The highest BCUT2D eigenvalue weighted by Gasteiger charge is 2.34. The maximum absolute atomic E-state index is 13.1. The van der Waals surface area contributed by atoms with Crippen LogP contribution < -0.4 is 9.64 Å². The van der Waals surface area contributed by atoms with Crippen LogP contribution in [0.1, 0.15) is 28.2 Å². The minimum absolute atomic E-state index is 0.0378. The molecule has 2 heterocycles. The number of benzene rings is 1. The number of amides is 3. The van der Waals surface area contributed by atoms with Crippen LogP contribution in [0, 0.1) is 6.92 Å². The average Bonchev–Trinajstić information content (AvgIpc) is 2.73. The van der Waals surface area contributed by atoms with Crippen molar-refractivity contribution < 1.29 is 23.9 Å². The summed E-state index contributed by atoms with van der Waals surface area (Å²) in [5.41, 5.74) is 1.52. The smallest absolute Gasteiger partial charge is 0.356 e. The molecule has 1 saturated heterocycles. The second kappa shape index (κ2) is 8.48. The van der Waals surface area contributed by atoms with Crippen molar-refractivity contribution in [2.45, 2.75) is 19.9 Å². The molecule has 2 aromatic rings. The van der Waals surface area contributed by atoms with E-state index in [0.717, 1.165) is 10.5 Å². The second-order valence-electron chi connectivity index (χ2n) is 6.43. The summed E-state index contributed by atoms with van der Waals surface area (Å²) in [6.07, 6.45) is 0.132. The third-order valence-corrected chi connectivity index (χ3v) is 5.07. The maximum atomic E-state index is 13.1. The van der Waals surface area contributed by atoms with Crippen LogP contribution in [0.3, 0.4) is 0 Å². The van der Waals surface area contributed by atoms with Gasteiger partial charge in [-0.15, -0.1) is 0 Å². The van der Waals surface area contributed by atoms with Crippen molar-refractivity contribution in [1.29, 1.82) is 0 Å². The summed E-state index contributed by atoms with van der Waals surface area (Å²) in [6.45, 7) is 1.90. The Morgan fingerprint density at radius 1 is 1.21 bits per heavy atom. The number of hydrogen-bond acceptors (Lipinski definition) is 6. The van der Waals surface area contributed by atoms with Gasteiger partial charge in [-0.1, -0.05) is 23.7 Å². The SMILES string of the molecule is COC(=O)c1cc(N2CCC(=O)N(Cc3ccc(OC)cc3)C2=O)c(Cl)c(C)n1. The number of urea groups is 1. The molecule has 1 aromatic carbocycles. The van der Waals surface area contributed by atoms with Gasteiger partial charge in [-0.25, -0.2) is 14.6 Å². The van der Waals surface area contributed by atoms with E-state index < -0.39 is 12.0 Å². The fourth-order valence-corrected chi connectivity index (χ4v) is 3.23. The Kier molecular flexibility index (Phi) is 6.03. The number of carbonyl (C=O) groups is 3. The van der Waals surface area contributed by atoms with Gasteiger partial charge in [0.2, 0.25) is 5.91 Å². The predicted molar refractivity (Wildman–Crippen MR) is 106 cm³/mol. The summed E-state index contributed by atoms with van der Waals surface area (Å²) < 4.78 is 9.84. The molecule has 0 radical (unpaired) electrons. The summed E-state index contributed by atoms with van der Waals surface area (Å²) >= 11 is 6.36. The van der Waals surface area contributed by atoms with Gasteiger partial charge in [-0.05, 0) is 30.7 Å². The molecule has 29 heavy (non-hydrogen) atoms. The molecular formula is C20H20ClN3O5. The number of rotatable bonds is 5. The number of esters is 1. The second-order valence-corrected chi connectivity index (χ2v) is 6.81. The number of pyridine rings is 1. The number of nitrogens with zero attached hydrogens (tertiary/aromatic N) is 3. The minimum atomic E-state index is -0.637. The lowest BCUT2D eigenvalue weighted by atomic mass is 10.1. The molecule has 0 saturated carbocycles. The topological polar surface area (TPSA) is 89.0 Å². The number of aromatic nitrogens is 1. The Labute approximate surface area is 173 Å². The molecule has 1 fully saturated rings. The molecule has 1 aliphatic rings. The van der Waals surface area contributed by atoms with Gasteiger partial charge in [0.15, 0.2) is 5.69 Å². The molecule has 3 rings (SSSR count). The van der Waals surface area contributed by atoms with Gasteiger partial charge < -0.3 is 9.47 Å². The molecule has 9 heteroatoms. The molecule has 0 N–H and O–H groups in total. The minimum Gasteiger partial charge on any atom is -0.497 e. The van der Waals surface area contributed by atoms with Crippen LogP contribution in [0.15, 0.2) is 30.3 Å². The van der Waals surface area contributed by atoms with Crippen molar-refractivity contribution in [2.24, 2.45) is 0 Å². The van der Waals surface area contributed by atoms with Crippen LogP contribution in [0.25, 0.3) is 0 Å². The van der Waals surface area contributed by atoms with Crippen molar-refractivity contribution in [3.05, 3.63) is 52.3 Å². The average molecular weight is 418 g/mol. The Hall–Kier alpha value is -3.13. The first kappa shape index (κ1) is 20.6. The lowest BCUT2D eigenvalue weighted by Gasteiger charge is -2.34. The monoisotopic (exact) mass is 417 g/mol. The standard InChI is InChI=1S/C20H20ClN3O5/c1-12-18(21)16(10-15(22-12)19(26)29-3)23-9-8-17(25)24(20(23)27)11-13-4-6-14(28-2)7-5-13/h4-7,10H,8-9,11H2,1-3H3. The lowest BCUT2D eigenvalue weighted by Crippen LogP contribution is -2.52. The largest absolute Gasteiger partial charge is 0.497 e. The molecule has 1 aliphatic heterocycles. The number of hydrogen-bond donors (Lipinski definition) is 0. The summed E-state index contributed by atoms with van der Waals surface area (Å²) in [5.74, 6) is -0.236. The van der Waals surface area contributed by atoms with E-state index in [9.17, 15) is 14.4 Å². The fourth-order valence-electron chi connectivity index (χ4n) is 3.03. The zero-order chi connectivity index (χ0) is 21.1. The van der Waals surface area contributed by atoms with Crippen LogP contribution in [-0.4, -0.2) is 48.6 Å². The van der Waals surface area contributed by atoms with Crippen molar-refractivity contribution in [1.82, 2.24) is 9.88 Å². The van der Waals surface area contributed by atoms with Crippen LogP contribution in [0.2, 0.25) is 5.02 Å². The highest BCUT2D eigenvalue weighted by Crippen LogP contribution is 2.32. The van der Waals surface area contributed by atoms with Gasteiger partial charge in [0.05, 0.1) is 37.2 Å². The molecule has 8 nitrogen and oxygen atoms in total. The lowest BCUT2D eigenvalue weighted by molar-refractivity contribution is -0.129. The Morgan fingerprint density at radius 3 is 2.52 bits per heavy atom. The van der Waals surface area contributed by atoms with Gasteiger partial charge >= 0.3 is 12.0 Å². The van der Waals surface area contributed by atoms with Gasteiger partial charge in [-0.3, -0.25) is 14.6 Å². The molecule has 0 spiro atoms. The number of carbonyl (C=O) groups excluding carboxylic acids is 3. The van der Waals surface area contributed by atoms with Crippen LogP contribution >= 0.6 is 11.6 Å². The molecule has 0 aliphatic carbocycles. The maximum Gasteiger partial charge on any atom is 0.356 e. The molecule has 0 unspecified atom stereocenters. The van der Waals surface area contributed by atoms with E-state index in [2.05, 4.69) is 4.98 Å². The molecule has 3 amide bonds. The Balaban J connectivity index is 1.91. The third-order valence-electron chi connectivity index (χ3n) is 4.60. The molecule has 152 valence electrons. The van der Waals surface area contributed by atoms with Crippen LogP contribution in [-0.2, 0) is 16.1 Å². The number of methoxy groups -OCH3 is 2. The zero-order valence-corrected chi connectivity index (χ0v) is 17.0. The number of aryl methyl sites for hydroxylation is 1. The van der Waals surface area contributed by atoms with Crippen molar-refractivity contribution in [3.8, 4) is 5.75 Å². The number of ether oxygens (including phenoxy) is 2. The first-order valence-electron chi connectivity index (χ1n) is 8.86. The Bertz CT molecular complexity index is 961. The zero-order valence-electron chi connectivity index (χ0n) is 16.3.